The molecule has 0 saturated carbocycles. The van der Waals surface area contributed by atoms with Crippen LogP contribution in [0.15, 0.2) is 30.6 Å². The number of morpholine rings is 1. The molecule has 126 valence electrons. The average Bonchev–Trinajstić information content (AvgIpc) is 2.60. The summed E-state index contributed by atoms with van der Waals surface area (Å²) in [7, 11) is 0. The Morgan fingerprint density at radius 1 is 1.38 bits per heavy atom. The van der Waals surface area contributed by atoms with E-state index >= 15 is 0 Å². The summed E-state index contributed by atoms with van der Waals surface area (Å²) < 4.78 is 11.2. The first kappa shape index (κ1) is 16.3. The lowest BCUT2D eigenvalue weighted by Gasteiger charge is -2.32. The Labute approximate surface area is 140 Å². The Morgan fingerprint density at radius 2 is 2.17 bits per heavy atom. The molecule has 1 atom stereocenters. The second-order valence-corrected chi connectivity index (χ2v) is 5.69. The number of pyridine rings is 1. The number of aromatic nitrogens is 3. The summed E-state index contributed by atoms with van der Waals surface area (Å²) >= 11 is 0. The van der Waals surface area contributed by atoms with Crippen molar-refractivity contribution >= 4 is 5.91 Å². The van der Waals surface area contributed by atoms with E-state index in [9.17, 15) is 4.79 Å². The van der Waals surface area contributed by atoms with Gasteiger partial charge in [-0.15, -0.1) is 0 Å². The first-order valence-electron chi connectivity index (χ1n) is 7.86. The number of carbonyl (C=O) groups excluding carboxylic acids is 1. The van der Waals surface area contributed by atoms with Gasteiger partial charge in [0, 0.05) is 24.1 Å². The lowest BCUT2D eigenvalue weighted by atomic mass is 10.2. The molecule has 7 heteroatoms. The largest absolute Gasteiger partial charge is 0.482 e. The highest BCUT2D eigenvalue weighted by Crippen LogP contribution is 2.20. The standard InChI is InChI=1S/C17H20N4O3/c1-12-8-13(2)20-17(19-12)15-10-21(6-7-23-15)16(22)11-24-14-4-3-5-18-9-14/h3-5,8-9,15H,6-7,10-11H2,1-2H3. The zero-order chi connectivity index (χ0) is 16.9. The number of carbonyl (C=O) groups is 1. The normalized spacial score (nSPS) is 17.6. The van der Waals surface area contributed by atoms with Gasteiger partial charge in [0.25, 0.3) is 5.91 Å². The molecule has 0 N–H and O–H groups in total. The number of hydrogen-bond acceptors (Lipinski definition) is 6. The third-order valence-corrected chi connectivity index (χ3v) is 3.70. The van der Waals surface area contributed by atoms with Gasteiger partial charge in [0.05, 0.1) is 19.3 Å². The van der Waals surface area contributed by atoms with Gasteiger partial charge in [0.15, 0.2) is 12.4 Å². The van der Waals surface area contributed by atoms with Crippen molar-refractivity contribution in [3.63, 3.8) is 0 Å². The Morgan fingerprint density at radius 3 is 2.88 bits per heavy atom. The van der Waals surface area contributed by atoms with Crippen molar-refractivity contribution in [1.29, 1.82) is 0 Å². The first-order valence-corrected chi connectivity index (χ1v) is 7.86. The molecule has 1 aliphatic rings. The van der Waals surface area contributed by atoms with E-state index in [1.165, 1.54) is 0 Å². The van der Waals surface area contributed by atoms with Crippen molar-refractivity contribution in [3.8, 4) is 5.75 Å². The van der Waals surface area contributed by atoms with E-state index in [4.69, 9.17) is 9.47 Å². The van der Waals surface area contributed by atoms with Crippen LogP contribution < -0.4 is 4.74 Å². The molecule has 0 radical (unpaired) electrons. The van der Waals surface area contributed by atoms with Crippen LogP contribution in [0.25, 0.3) is 0 Å². The predicted molar refractivity (Wildman–Crippen MR) is 86.5 cm³/mol. The molecule has 1 saturated heterocycles. The van der Waals surface area contributed by atoms with Crippen LogP contribution in [0.2, 0.25) is 0 Å². The van der Waals surface area contributed by atoms with Crippen LogP contribution in [0, 0.1) is 13.8 Å². The molecule has 1 unspecified atom stereocenters. The van der Waals surface area contributed by atoms with Crippen LogP contribution in [0.3, 0.4) is 0 Å². The molecule has 3 heterocycles. The monoisotopic (exact) mass is 328 g/mol. The van der Waals surface area contributed by atoms with Gasteiger partial charge < -0.3 is 14.4 Å². The Kier molecular flexibility index (Phi) is 5.00. The van der Waals surface area contributed by atoms with Crippen molar-refractivity contribution in [3.05, 3.63) is 47.8 Å². The topological polar surface area (TPSA) is 77.4 Å². The highest BCUT2D eigenvalue weighted by atomic mass is 16.5. The average molecular weight is 328 g/mol. The van der Waals surface area contributed by atoms with Gasteiger partial charge in [-0.2, -0.15) is 0 Å². The molecular weight excluding hydrogens is 308 g/mol. The third-order valence-electron chi connectivity index (χ3n) is 3.70. The number of aryl methyl sites for hydroxylation is 2. The fourth-order valence-electron chi connectivity index (χ4n) is 2.60. The zero-order valence-electron chi connectivity index (χ0n) is 13.8. The van der Waals surface area contributed by atoms with E-state index in [1.54, 1.807) is 29.4 Å². The van der Waals surface area contributed by atoms with E-state index in [1.807, 2.05) is 19.9 Å². The van der Waals surface area contributed by atoms with Crippen LogP contribution in [-0.4, -0.2) is 52.1 Å². The third kappa shape index (κ3) is 4.05. The van der Waals surface area contributed by atoms with Crippen molar-refractivity contribution < 1.29 is 14.3 Å². The minimum atomic E-state index is -0.306. The molecule has 7 nitrogen and oxygen atoms in total. The molecule has 2 aromatic heterocycles. The summed E-state index contributed by atoms with van der Waals surface area (Å²) in [5, 5.41) is 0. The SMILES string of the molecule is Cc1cc(C)nc(C2CN(C(=O)COc3cccnc3)CCO2)n1. The van der Waals surface area contributed by atoms with Crippen LogP contribution >= 0.6 is 0 Å². The van der Waals surface area contributed by atoms with Gasteiger partial charge in [-0.1, -0.05) is 0 Å². The fraction of sp³-hybridized carbons (Fsp3) is 0.412. The van der Waals surface area contributed by atoms with E-state index in [2.05, 4.69) is 15.0 Å². The van der Waals surface area contributed by atoms with E-state index in [0.29, 0.717) is 31.3 Å². The summed E-state index contributed by atoms with van der Waals surface area (Å²) in [6.45, 7) is 5.25. The van der Waals surface area contributed by atoms with Gasteiger partial charge in [-0.3, -0.25) is 9.78 Å². The van der Waals surface area contributed by atoms with E-state index in [0.717, 1.165) is 11.4 Å². The van der Waals surface area contributed by atoms with Gasteiger partial charge in [-0.25, -0.2) is 9.97 Å². The highest BCUT2D eigenvalue weighted by molar-refractivity contribution is 5.77. The summed E-state index contributed by atoms with van der Waals surface area (Å²) in [6, 6.07) is 5.45. The number of ether oxygens (including phenoxy) is 2. The highest BCUT2D eigenvalue weighted by Gasteiger charge is 2.27. The maximum Gasteiger partial charge on any atom is 0.260 e. The van der Waals surface area contributed by atoms with Gasteiger partial charge in [0.1, 0.15) is 11.9 Å². The zero-order valence-corrected chi connectivity index (χ0v) is 13.8. The summed E-state index contributed by atoms with van der Waals surface area (Å²) in [5.41, 5.74) is 1.79. The van der Waals surface area contributed by atoms with Gasteiger partial charge >= 0.3 is 0 Å². The molecule has 0 spiro atoms. The Hall–Kier alpha value is -2.54. The smallest absolute Gasteiger partial charge is 0.260 e. The molecule has 1 fully saturated rings. The van der Waals surface area contributed by atoms with E-state index in [-0.39, 0.29) is 18.6 Å². The van der Waals surface area contributed by atoms with Crippen LogP contribution in [0.4, 0.5) is 0 Å². The van der Waals surface area contributed by atoms with Crippen molar-refractivity contribution in [2.75, 3.05) is 26.3 Å². The van der Waals surface area contributed by atoms with Crippen molar-refractivity contribution in [2.45, 2.75) is 20.0 Å². The quantitative estimate of drug-likeness (QED) is 0.846. The summed E-state index contributed by atoms with van der Waals surface area (Å²) in [4.78, 5) is 26.9. The molecule has 0 aliphatic carbocycles. The second kappa shape index (κ2) is 7.35. The number of nitrogens with zero attached hydrogens (tertiary/aromatic N) is 4. The second-order valence-electron chi connectivity index (χ2n) is 5.69. The van der Waals surface area contributed by atoms with E-state index < -0.39 is 0 Å². The molecule has 3 rings (SSSR count). The maximum atomic E-state index is 12.4. The lowest BCUT2D eigenvalue weighted by molar-refractivity contribution is -0.141. The molecule has 24 heavy (non-hydrogen) atoms. The van der Waals surface area contributed by atoms with Crippen LogP contribution in [0.5, 0.6) is 5.75 Å². The fourth-order valence-corrected chi connectivity index (χ4v) is 2.60. The minimum Gasteiger partial charge on any atom is -0.482 e. The predicted octanol–water partition coefficient (Wildman–Crippen LogP) is 1.47. The van der Waals surface area contributed by atoms with Crippen LogP contribution in [-0.2, 0) is 9.53 Å². The van der Waals surface area contributed by atoms with Gasteiger partial charge in [0.2, 0.25) is 0 Å². The number of rotatable bonds is 4. The van der Waals surface area contributed by atoms with Crippen molar-refractivity contribution in [2.24, 2.45) is 0 Å². The summed E-state index contributed by atoms with van der Waals surface area (Å²) in [6.07, 6.45) is 2.93. The van der Waals surface area contributed by atoms with Crippen LogP contribution in [0.1, 0.15) is 23.3 Å². The molecule has 1 aliphatic heterocycles. The molecular formula is C17H20N4O3. The minimum absolute atomic E-state index is 0.0217. The Bertz CT molecular complexity index is 688. The Balaban J connectivity index is 1.61. The molecule has 0 bridgehead atoms. The van der Waals surface area contributed by atoms with Gasteiger partial charge in [-0.05, 0) is 32.0 Å². The molecule has 0 aromatic carbocycles. The number of amides is 1. The van der Waals surface area contributed by atoms with Crippen molar-refractivity contribution in [1.82, 2.24) is 19.9 Å². The lowest BCUT2D eigenvalue weighted by Crippen LogP contribution is -2.44. The molecule has 2 aromatic rings. The summed E-state index contributed by atoms with van der Waals surface area (Å²) in [5.74, 6) is 1.11. The molecule has 1 amide bonds. The first-order chi connectivity index (χ1) is 11.6. The maximum absolute atomic E-state index is 12.4. The number of hydrogen-bond donors (Lipinski definition) is 0.